The van der Waals surface area contributed by atoms with E-state index in [1.54, 1.807) is 37.4 Å². The van der Waals surface area contributed by atoms with Gasteiger partial charge in [-0.05, 0) is 48.9 Å². The average Bonchev–Trinajstić information content (AvgIpc) is 3.24. The van der Waals surface area contributed by atoms with E-state index < -0.39 is 12.1 Å². The Balaban J connectivity index is 1.75. The Bertz CT molecular complexity index is 953. The van der Waals surface area contributed by atoms with Crippen LogP contribution in [0.25, 0.3) is 6.08 Å². The van der Waals surface area contributed by atoms with E-state index in [4.69, 9.17) is 9.84 Å². The Morgan fingerprint density at radius 2 is 2.07 bits per heavy atom. The first kappa shape index (κ1) is 20.0. The molecule has 1 N–H and O–H groups in total. The summed E-state index contributed by atoms with van der Waals surface area (Å²) in [6.07, 6.45) is 1.62. The highest BCUT2D eigenvalue weighted by atomic mass is 32.2. The van der Waals surface area contributed by atoms with Crippen molar-refractivity contribution in [3.8, 4) is 5.75 Å². The molecule has 3 rings (SSSR count). The van der Waals surface area contributed by atoms with Crippen molar-refractivity contribution in [3.05, 3.63) is 39.7 Å². The summed E-state index contributed by atoms with van der Waals surface area (Å²) in [4.78, 5) is 29.8. The maximum atomic E-state index is 12.5. The van der Waals surface area contributed by atoms with E-state index >= 15 is 0 Å². The summed E-state index contributed by atoms with van der Waals surface area (Å²) in [7, 11) is 1.67. The number of likely N-dealkylation sites (N-methyl/N-ethyl adjacent to an activating group) is 1. The maximum absolute atomic E-state index is 12.5. The SMILES string of the molecule is CCc1nnc(/N=C2/S/C(=C/c3ccc(OC(C)C(=O)O)cc3)C(=O)N2C)s1. The number of aromatic nitrogens is 2. The van der Waals surface area contributed by atoms with Crippen LogP contribution in [0.5, 0.6) is 5.75 Å². The Morgan fingerprint density at radius 3 is 2.68 bits per heavy atom. The third kappa shape index (κ3) is 4.57. The van der Waals surface area contributed by atoms with Crippen molar-refractivity contribution < 1.29 is 19.4 Å². The number of hydrogen-bond acceptors (Lipinski definition) is 8. The number of nitrogens with zero attached hydrogens (tertiary/aromatic N) is 4. The molecule has 1 amide bonds. The normalized spacial score (nSPS) is 18.1. The van der Waals surface area contributed by atoms with Gasteiger partial charge in [-0.15, -0.1) is 10.2 Å². The van der Waals surface area contributed by atoms with Crippen LogP contribution in [0.2, 0.25) is 0 Å². The molecule has 0 bridgehead atoms. The highest BCUT2D eigenvalue weighted by Crippen LogP contribution is 2.34. The van der Waals surface area contributed by atoms with E-state index in [-0.39, 0.29) is 5.91 Å². The lowest BCUT2D eigenvalue weighted by Gasteiger charge is -2.10. The third-order valence-corrected chi connectivity index (χ3v) is 5.81. The van der Waals surface area contributed by atoms with Crippen LogP contribution in [0.15, 0.2) is 34.2 Å². The summed E-state index contributed by atoms with van der Waals surface area (Å²) in [6.45, 7) is 3.46. The van der Waals surface area contributed by atoms with Gasteiger partial charge in [0, 0.05) is 7.05 Å². The van der Waals surface area contributed by atoms with Crippen LogP contribution >= 0.6 is 23.1 Å². The van der Waals surface area contributed by atoms with Gasteiger partial charge >= 0.3 is 5.97 Å². The van der Waals surface area contributed by atoms with E-state index in [2.05, 4.69) is 15.2 Å². The molecule has 8 nitrogen and oxygen atoms in total. The van der Waals surface area contributed by atoms with Gasteiger partial charge in [0.15, 0.2) is 11.3 Å². The molecule has 146 valence electrons. The predicted molar refractivity (Wildman–Crippen MR) is 109 cm³/mol. The first-order chi connectivity index (χ1) is 13.4. The van der Waals surface area contributed by atoms with Crippen molar-refractivity contribution >= 4 is 51.4 Å². The highest BCUT2D eigenvalue weighted by Gasteiger charge is 2.30. The van der Waals surface area contributed by atoms with E-state index in [1.165, 1.54) is 34.9 Å². The number of ether oxygens (including phenoxy) is 1. The van der Waals surface area contributed by atoms with Gasteiger partial charge in [-0.25, -0.2) is 4.79 Å². The molecule has 0 spiro atoms. The number of aliphatic imine (C=N–C) groups is 1. The second-order valence-corrected chi connectivity index (χ2v) is 7.92. The number of aliphatic carboxylic acids is 1. The Hall–Kier alpha value is -2.72. The minimum atomic E-state index is -1.03. The van der Waals surface area contributed by atoms with Crippen LogP contribution in [0.3, 0.4) is 0 Å². The fourth-order valence-corrected chi connectivity index (χ4v) is 3.89. The third-order valence-electron chi connectivity index (χ3n) is 3.79. The summed E-state index contributed by atoms with van der Waals surface area (Å²) in [5.41, 5.74) is 0.796. The second kappa shape index (κ2) is 8.53. The van der Waals surface area contributed by atoms with Crippen molar-refractivity contribution in [3.63, 3.8) is 0 Å². The predicted octanol–water partition coefficient (Wildman–Crippen LogP) is 3.19. The minimum Gasteiger partial charge on any atom is -0.479 e. The standard InChI is InChI=1S/C18H18N4O4S2/c1-4-14-20-21-17(28-14)19-18-22(3)15(23)13(27-18)9-11-5-7-12(8-6-11)26-10(2)16(24)25/h5-10H,4H2,1-3H3,(H,24,25)/b13-9+,19-18+. The van der Waals surface area contributed by atoms with Crippen molar-refractivity contribution in [1.82, 2.24) is 15.1 Å². The molecule has 1 saturated heterocycles. The largest absolute Gasteiger partial charge is 0.479 e. The molecule has 1 unspecified atom stereocenters. The molecule has 1 aliphatic heterocycles. The lowest BCUT2D eigenvalue weighted by atomic mass is 10.2. The lowest BCUT2D eigenvalue weighted by molar-refractivity contribution is -0.144. The van der Waals surface area contributed by atoms with Gasteiger partial charge in [0.2, 0.25) is 5.13 Å². The monoisotopic (exact) mass is 418 g/mol. The fourth-order valence-electron chi connectivity index (χ4n) is 2.21. The van der Waals surface area contributed by atoms with Crippen LogP contribution < -0.4 is 4.74 Å². The first-order valence-electron chi connectivity index (χ1n) is 8.45. The minimum absolute atomic E-state index is 0.149. The molecule has 1 aliphatic rings. The molecule has 1 aromatic carbocycles. The molecule has 2 aromatic rings. The van der Waals surface area contributed by atoms with Crippen LogP contribution in [0, 0.1) is 0 Å². The van der Waals surface area contributed by atoms with Crippen LogP contribution in [0.1, 0.15) is 24.4 Å². The number of amidine groups is 1. The summed E-state index contributed by atoms with van der Waals surface area (Å²) in [5, 5.41) is 18.9. The van der Waals surface area contributed by atoms with E-state index in [1.807, 2.05) is 6.92 Å². The second-order valence-electron chi connectivity index (χ2n) is 5.87. The Morgan fingerprint density at radius 1 is 1.36 bits per heavy atom. The summed E-state index contributed by atoms with van der Waals surface area (Å²) in [5.74, 6) is -0.732. The molecule has 2 heterocycles. The number of amides is 1. The molecule has 1 aromatic heterocycles. The van der Waals surface area contributed by atoms with Gasteiger partial charge in [0.1, 0.15) is 10.8 Å². The molecule has 1 atom stereocenters. The Labute approximate surface area is 169 Å². The summed E-state index contributed by atoms with van der Waals surface area (Å²) >= 11 is 2.67. The number of carbonyl (C=O) groups excluding carboxylic acids is 1. The van der Waals surface area contributed by atoms with Gasteiger partial charge in [-0.3, -0.25) is 9.69 Å². The van der Waals surface area contributed by atoms with Crippen molar-refractivity contribution in [2.45, 2.75) is 26.4 Å². The van der Waals surface area contributed by atoms with Crippen LogP contribution in [-0.2, 0) is 16.0 Å². The molecule has 0 aliphatic carbocycles. The smallest absolute Gasteiger partial charge is 0.344 e. The van der Waals surface area contributed by atoms with Crippen molar-refractivity contribution in [2.24, 2.45) is 4.99 Å². The average molecular weight is 419 g/mol. The quantitative estimate of drug-likeness (QED) is 0.718. The van der Waals surface area contributed by atoms with E-state index in [0.717, 1.165) is 17.0 Å². The first-order valence-corrected chi connectivity index (χ1v) is 10.1. The number of carboxylic acid groups (broad SMARTS) is 1. The van der Waals surface area contributed by atoms with E-state index in [0.29, 0.717) is 21.0 Å². The van der Waals surface area contributed by atoms with Crippen LogP contribution in [0.4, 0.5) is 5.13 Å². The van der Waals surface area contributed by atoms with Crippen molar-refractivity contribution in [2.75, 3.05) is 7.05 Å². The van der Waals surface area contributed by atoms with Gasteiger partial charge in [0.05, 0.1) is 4.91 Å². The van der Waals surface area contributed by atoms with Crippen LogP contribution in [-0.4, -0.2) is 50.4 Å². The van der Waals surface area contributed by atoms with Gasteiger partial charge in [-0.2, -0.15) is 4.99 Å². The zero-order valence-electron chi connectivity index (χ0n) is 15.4. The zero-order chi connectivity index (χ0) is 20.3. The maximum Gasteiger partial charge on any atom is 0.344 e. The molecule has 28 heavy (non-hydrogen) atoms. The van der Waals surface area contributed by atoms with Gasteiger partial charge < -0.3 is 9.84 Å². The lowest BCUT2D eigenvalue weighted by Crippen LogP contribution is -2.23. The number of benzene rings is 1. The summed E-state index contributed by atoms with van der Waals surface area (Å²) in [6, 6.07) is 6.86. The zero-order valence-corrected chi connectivity index (χ0v) is 17.1. The summed E-state index contributed by atoms with van der Waals surface area (Å²) < 4.78 is 5.30. The topological polar surface area (TPSA) is 105 Å². The fraction of sp³-hybridized carbons (Fsp3) is 0.278. The van der Waals surface area contributed by atoms with E-state index in [9.17, 15) is 9.59 Å². The highest BCUT2D eigenvalue weighted by molar-refractivity contribution is 8.18. The molecule has 0 radical (unpaired) electrons. The molecular weight excluding hydrogens is 400 g/mol. The number of hydrogen-bond donors (Lipinski definition) is 1. The number of carbonyl (C=O) groups is 2. The number of aryl methyl sites for hydroxylation is 1. The number of rotatable bonds is 6. The number of carboxylic acids is 1. The van der Waals surface area contributed by atoms with Gasteiger partial charge in [-0.1, -0.05) is 30.4 Å². The van der Waals surface area contributed by atoms with Gasteiger partial charge in [0.25, 0.3) is 5.91 Å². The molecule has 0 saturated carbocycles. The molecular formula is C18H18N4O4S2. The molecule has 1 fully saturated rings. The number of thioether (sulfide) groups is 1. The Kier molecular flexibility index (Phi) is 6.10. The molecule has 10 heteroatoms. The van der Waals surface area contributed by atoms with Crippen molar-refractivity contribution in [1.29, 1.82) is 0 Å².